The van der Waals surface area contributed by atoms with Gasteiger partial charge in [-0.05, 0) is 93.4 Å². The average molecular weight is 734 g/mol. The molecule has 280 valence electrons. The third-order valence-electron chi connectivity index (χ3n) is 12.1. The lowest BCUT2D eigenvalue weighted by molar-refractivity contribution is -0.153. The van der Waals surface area contributed by atoms with Crippen LogP contribution in [0.25, 0.3) is 6.08 Å². The van der Waals surface area contributed by atoms with E-state index in [-0.39, 0.29) is 41.2 Å². The van der Waals surface area contributed by atoms with Crippen molar-refractivity contribution in [1.29, 1.82) is 0 Å². The van der Waals surface area contributed by atoms with Gasteiger partial charge in [0.1, 0.15) is 11.9 Å². The molecule has 0 bridgehead atoms. The zero-order valence-electron chi connectivity index (χ0n) is 34.0. The van der Waals surface area contributed by atoms with Crippen LogP contribution in [0.3, 0.4) is 0 Å². The number of hydrogen-bond acceptors (Lipinski definition) is 7. The Labute approximate surface area is 306 Å². The standard InChI is InChI=1S/C40H71NO5SSi2/c1-17-49(18-2,19-3)46-37-30(7)28(5)22-20-27(4)21-23-34(29(6)24-33-26-47-32(9)41-33)44-36(42)25-35(40(13,14)38(43)31(37)8)45-48(15,16)39(10,11)12/h21,24,26,28,30-31,34-35,37H,17-20,22-23,25H2,1-16H3/b27-21+,29-24+/t28-,30+,31-,34+,35+,37+/m1/s1. The molecule has 1 aromatic heterocycles. The van der Waals surface area contributed by atoms with E-state index in [0.717, 1.165) is 47.2 Å². The fraction of sp³-hybridized carbons (Fsp3) is 0.775. The summed E-state index contributed by atoms with van der Waals surface area (Å²) in [5.74, 6) is -0.0363. The summed E-state index contributed by atoms with van der Waals surface area (Å²) >= 11 is 1.61. The molecule has 0 saturated carbocycles. The van der Waals surface area contributed by atoms with E-state index >= 15 is 0 Å². The fourth-order valence-electron chi connectivity index (χ4n) is 6.73. The van der Waals surface area contributed by atoms with E-state index < -0.39 is 34.3 Å². The Balaban J connectivity index is 2.71. The molecule has 0 spiro atoms. The van der Waals surface area contributed by atoms with Gasteiger partial charge in [0, 0.05) is 23.1 Å². The van der Waals surface area contributed by atoms with E-state index in [1.807, 2.05) is 39.2 Å². The van der Waals surface area contributed by atoms with Crippen LogP contribution in [-0.4, -0.2) is 51.7 Å². The predicted octanol–water partition coefficient (Wildman–Crippen LogP) is 11.6. The van der Waals surface area contributed by atoms with Gasteiger partial charge in [-0.2, -0.15) is 0 Å². The van der Waals surface area contributed by atoms with Crippen LogP contribution in [0, 0.1) is 30.1 Å². The Bertz CT molecular complexity index is 1300. The van der Waals surface area contributed by atoms with Gasteiger partial charge in [-0.3, -0.25) is 9.59 Å². The quantitative estimate of drug-likeness (QED) is 0.143. The largest absolute Gasteiger partial charge is 0.457 e. The Morgan fingerprint density at radius 3 is 2.16 bits per heavy atom. The third-order valence-corrected chi connectivity index (χ3v) is 22.1. The summed E-state index contributed by atoms with van der Waals surface area (Å²) in [6, 6.07) is 3.09. The van der Waals surface area contributed by atoms with Gasteiger partial charge in [0.25, 0.3) is 0 Å². The second kappa shape index (κ2) is 17.9. The summed E-state index contributed by atoms with van der Waals surface area (Å²) in [4.78, 5) is 33.6. The molecule has 0 aliphatic carbocycles. The lowest BCUT2D eigenvalue weighted by Gasteiger charge is -2.46. The number of carbonyl (C=O) groups excluding carboxylic acids is 2. The summed E-state index contributed by atoms with van der Waals surface area (Å²) in [5, 5.41) is 2.93. The maximum atomic E-state index is 15.0. The Hall–Kier alpha value is -1.40. The van der Waals surface area contributed by atoms with Crippen molar-refractivity contribution >= 4 is 45.8 Å². The second-order valence-electron chi connectivity index (χ2n) is 17.1. The lowest BCUT2D eigenvalue weighted by Crippen LogP contribution is -2.54. The van der Waals surface area contributed by atoms with Crippen LogP contribution in [0.1, 0.15) is 126 Å². The zero-order chi connectivity index (χ0) is 37.5. The number of aromatic nitrogens is 1. The van der Waals surface area contributed by atoms with Crippen LogP contribution in [0.4, 0.5) is 0 Å². The summed E-state index contributed by atoms with van der Waals surface area (Å²) in [6.45, 7) is 34.6. The van der Waals surface area contributed by atoms with Gasteiger partial charge in [0.2, 0.25) is 0 Å². The highest BCUT2D eigenvalue weighted by molar-refractivity contribution is 7.09. The molecule has 1 aromatic rings. The van der Waals surface area contributed by atoms with Crippen LogP contribution < -0.4 is 0 Å². The van der Waals surface area contributed by atoms with Crippen LogP contribution in [-0.2, 0) is 23.2 Å². The number of nitrogens with zero attached hydrogens (tertiary/aromatic N) is 1. The molecule has 0 N–H and O–H groups in total. The first-order valence-electron chi connectivity index (χ1n) is 18.9. The van der Waals surface area contributed by atoms with Crippen molar-refractivity contribution in [3.8, 4) is 0 Å². The molecule has 6 atom stereocenters. The molecule has 9 heteroatoms. The van der Waals surface area contributed by atoms with Crippen molar-refractivity contribution in [3.05, 3.63) is 33.3 Å². The lowest BCUT2D eigenvalue weighted by atomic mass is 9.71. The van der Waals surface area contributed by atoms with Gasteiger partial charge in [-0.15, -0.1) is 11.3 Å². The molecule has 2 rings (SSSR count). The Morgan fingerprint density at radius 2 is 1.65 bits per heavy atom. The first kappa shape index (κ1) is 43.8. The normalized spacial score (nSPS) is 28.6. The molecule has 0 unspecified atom stereocenters. The molecular weight excluding hydrogens is 663 g/mol. The molecule has 1 aliphatic heterocycles. The number of rotatable bonds is 9. The van der Waals surface area contributed by atoms with E-state index in [4.69, 9.17) is 13.6 Å². The topological polar surface area (TPSA) is 74.7 Å². The number of aryl methyl sites for hydroxylation is 1. The summed E-state index contributed by atoms with van der Waals surface area (Å²) in [5.41, 5.74) is 2.17. The van der Waals surface area contributed by atoms with E-state index in [2.05, 4.69) is 93.4 Å². The number of Topliss-reactive ketones (excluding diaryl/α,β-unsaturated/α-hetero) is 1. The Morgan fingerprint density at radius 1 is 1.06 bits per heavy atom. The number of cyclic esters (lactones) is 1. The van der Waals surface area contributed by atoms with Crippen LogP contribution in [0.2, 0.25) is 36.3 Å². The minimum absolute atomic E-state index is 0.00923. The van der Waals surface area contributed by atoms with Crippen molar-refractivity contribution in [2.75, 3.05) is 0 Å². The van der Waals surface area contributed by atoms with Crippen molar-refractivity contribution < 1.29 is 23.2 Å². The van der Waals surface area contributed by atoms with E-state index in [9.17, 15) is 9.59 Å². The molecule has 0 saturated heterocycles. The molecule has 0 amide bonds. The first-order valence-corrected chi connectivity index (χ1v) is 25.2. The zero-order valence-corrected chi connectivity index (χ0v) is 36.9. The Kier molecular flexibility index (Phi) is 16.0. The molecular formula is C40H71NO5SSi2. The first-order chi connectivity index (χ1) is 22.5. The number of allylic oxidation sites excluding steroid dienone is 1. The molecule has 0 aromatic carbocycles. The summed E-state index contributed by atoms with van der Waals surface area (Å²) < 4.78 is 20.7. The van der Waals surface area contributed by atoms with Gasteiger partial charge >= 0.3 is 5.97 Å². The highest BCUT2D eigenvalue weighted by Crippen LogP contribution is 2.43. The molecule has 0 radical (unpaired) electrons. The minimum atomic E-state index is -2.39. The molecule has 49 heavy (non-hydrogen) atoms. The highest BCUT2D eigenvalue weighted by atomic mass is 32.1. The van der Waals surface area contributed by atoms with Gasteiger partial charge in [0.05, 0.1) is 29.3 Å². The van der Waals surface area contributed by atoms with Crippen molar-refractivity contribution in [3.63, 3.8) is 0 Å². The van der Waals surface area contributed by atoms with E-state index in [0.29, 0.717) is 12.3 Å². The van der Waals surface area contributed by atoms with Crippen molar-refractivity contribution in [2.24, 2.45) is 23.2 Å². The third kappa shape index (κ3) is 11.5. The van der Waals surface area contributed by atoms with Crippen LogP contribution in [0.15, 0.2) is 22.6 Å². The summed E-state index contributed by atoms with van der Waals surface area (Å²) in [7, 11) is -4.43. The second-order valence-corrected chi connectivity index (χ2v) is 27.6. The summed E-state index contributed by atoms with van der Waals surface area (Å²) in [6.07, 6.45) is 5.54. The highest BCUT2D eigenvalue weighted by Gasteiger charge is 2.50. The minimum Gasteiger partial charge on any atom is -0.457 e. The number of ketones is 1. The maximum absolute atomic E-state index is 15.0. The van der Waals surface area contributed by atoms with Crippen LogP contribution >= 0.6 is 11.3 Å². The van der Waals surface area contributed by atoms with E-state index in [1.165, 1.54) is 5.57 Å². The number of esters is 1. The van der Waals surface area contributed by atoms with Gasteiger partial charge < -0.3 is 13.6 Å². The smallest absolute Gasteiger partial charge is 0.309 e. The SMILES string of the molecule is CC[Si](CC)(CC)O[C@H]1[C@@H](C)[C@H](C)CC/C(C)=C/C[C@@H](/C(C)=C/c2csc(C)n2)OC(=O)C[C@H](O[Si](C)(C)C(C)(C)C)C(C)(C)C(=O)[C@@H]1C. The van der Waals surface area contributed by atoms with Crippen LogP contribution in [0.5, 0.6) is 0 Å². The molecule has 2 heterocycles. The molecule has 0 fully saturated rings. The number of carbonyl (C=O) groups is 2. The monoisotopic (exact) mass is 733 g/mol. The van der Waals surface area contributed by atoms with Gasteiger partial charge in [-0.25, -0.2) is 4.98 Å². The van der Waals surface area contributed by atoms with Gasteiger partial charge in [-0.1, -0.05) is 87.8 Å². The fourth-order valence-corrected chi connectivity index (χ4v) is 11.7. The number of thiazole rings is 1. The number of hydrogen-bond donors (Lipinski definition) is 0. The van der Waals surface area contributed by atoms with Crippen molar-refractivity contribution in [2.45, 2.75) is 177 Å². The van der Waals surface area contributed by atoms with Gasteiger partial charge in [0.15, 0.2) is 16.6 Å². The molecule has 1 aliphatic rings. The predicted molar refractivity (Wildman–Crippen MR) is 213 cm³/mol. The number of ether oxygens (including phenoxy) is 1. The maximum Gasteiger partial charge on any atom is 0.309 e. The average Bonchev–Trinajstić information content (AvgIpc) is 3.44. The molecule has 6 nitrogen and oxygen atoms in total. The van der Waals surface area contributed by atoms with Crippen molar-refractivity contribution in [1.82, 2.24) is 4.98 Å². The van der Waals surface area contributed by atoms with E-state index in [1.54, 1.807) is 11.3 Å².